The van der Waals surface area contributed by atoms with Gasteiger partial charge in [0.1, 0.15) is 0 Å². The lowest BCUT2D eigenvalue weighted by atomic mass is 9.80. The van der Waals surface area contributed by atoms with Crippen molar-refractivity contribution in [1.82, 2.24) is 4.90 Å². The van der Waals surface area contributed by atoms with Gasteiger partial charge in [-0.15, -0.1) is 0 Å². The van der Waals surface area contributed by atoms with Crippen LogP contribution in [0.1, 0.15) is 35.9 Å². The molecular formula is C13H18N2O2S. The molecule has 5 heteroatoms. The Kier molecular flexibility index (Phi) is 3.43. The number of hydrogen-bond acceptors (Lipinski definition) is 3. The smallest absolute Gasteiger partial charge is 0.289 e. The van der Waals surface area contributed by atoms with Gasteiger partial charge in [0, 0.05) is 24.1 Å². The summed E-state index contributed by atoms with van der Waals surface area (Å²) < 4.78 is 5.24. The monoisotopic (exact) mass is 266 g/mol. The second kappa shape index (κ2) is 4.72. The van der Waals surface area contributed by atoms with Crippen molar-refractivity contribution >= 4 is 23.1 Å². The second-order valence-corrected chi connectivity index (χ2v) is 5.59. The third-order valence-corrected chi connectivity index (χ3v) is 4.30. The molecule has 1 aliphatic rings. The van der Waals surface area contributed by atoms with Crippen molar-refractivity contribution in [2.45, 2.75) is 26.7 Å². The van der Waals surface area contributed by atoms with Crippen LogP contribution in [-0.4, -0.2) is 28.9 Å². The van der Waals surface area contributed by atoms with Gasteiger partial charge in [-0.2, -0.15) is 0 Å². The Morgan fingerprint density at radius 1 is 1.50 bits per heavy atom. The first-order chi connectivity index (χ1) is 8.44. The van der Waals surface area contributed by atoms with Crippen molar-refractivity contribution in [3.05, 3.63) is 23.7 Å². The summed E-state index contributed by atoms with van der Waals surface area (Å²) in [5.74, 6) is 0.399. The Morgan fingerprint density at radius 2 is 2.11 bits per heavy atom. The van der Waals surface area contributed by atoms with Crippen molar-refractivity contribution in [2.75, 3.05) is 13.1 Å². The van der Waals surface area contributed by atoms with Gasteiger partial charge in [-0.3, -0.25) is 4.79 Å². The summed E-state index contributed by atoms with van der Waals surface area (Å²) in [4.78, 5) is 14.6. The number of carbonyl (C=O) groups is 1. The van der Waals surface area contributed by atoms with E-state index in [0.717, 1.165) is 18.4 Å². The normalized spacial score (nSPS) is 18.7. The van der Waals surface area contributed by atoms with Gasteiger partial charge in [0.2, 0.25) is 0 Å². The molecule has 1 fully saturated rings. The predicted octanol–water partition coefficient (Wildman–Crippen LogP) is 2.12. The molecule has 0 atom stereocenters. The summed E-state index contributed by atoms with van der Waals surface area (Å²) in [6.45, 7) is 5.29. The molecule has 2 N–H and O–H groups in total. The van der Waals surface area contributed by atoms with Crippen LogP contribution in [0.4, 0.5) is 0 Å². The quantitative estimate of drug-likeness (QED) is 0.833. The number of piperidine rings is 1. The van der Waals surface area contributed by atoms with Crippen molar-refractivity contribution in [3.63, 3.8) is 0 Å². The third kappa shape index (κ3) is 2.27. The van der Waals surface area contributed by atoms with Gasteiger partial charge >= 0.3 is 0 Å². The predicted molar refractivity (Wildman–Crippen MR) is 73.5 cm³/mol. The summed E-state index contributed by atoms with van der Waals surface area (Å²) in [5.41, 5.74) is 6.51. The molecular weight excluding hydrogens is 248 g/mol. The molecule has 18 heavy (non-hydrogen) atoms. The minimum atomic E-state index is -0.121. The zero-order valence-corrected chi connectivity index (χ0v) is 11.5. The van der Waals surface area contributed by atoms with Gasteiger partial charge in [0.05, 0.1) is 11.3 Å². The van der Waals surface area contributed by atoms with E-state index in [1.165, 1.54) is 0 Å². The largest absolute Gasteiger partial charge is 0.459 e. The maximum absolute atomic E-state index is 12.2. The summed E-state index contributed by atoms with van der Waals surface area (Å²) in [5, 5.41) is 0. The second-order valence-electron chi connectivity index (χ2n) is 5.15. The summed E-state index contributed by atoms with van der Waals surface area (Å²) >= 11 is 5.09. The van der Waals surface area contributed by atoms with E-state index < -0.39 is 0 Å². The van der Waals surface area contributed by atoms with Crippen LogP contribution in [0.2, 0.25) is 0 Å². The Morgan fingerprint density at radius 3 is 2.56 bits per heavy atom. The number of aryl methyl sites for hydroxylation is 1. The van der Waals surface area contributed by atoms with Crippen LogP contribution in [0.15, 0.2) is 16.7 Å². The number of nitrogens with zero attached hydrogens (tertiary/aromatic N) is 1. The lowest BCUT2D eigenvalue weighted by Crippen LogP contribution is -2.46. The summed E-state index contributed by atoms with van der Waals surface area (Å²) in [6.07, 6.45) is 3.17. The molecule has 1 amide bonds. The number of hydrogen-bond donors (Lipinski definition) is 1. The first-order valence-electron chi connectivity index (χ1n) is 6.07. The maximum atomic E-state index is 12.2. The summed E-state index contributed by atoms with van der Waals surface area (Å²) in [7, 11) is 0. The minimum Gasteiger partial charge on any atom is -0.459 e. The Balaban J connectivity index is 2.05. The number of likely N-dealkylation sites (tertiary alicyclic amines) is 1. The van der Waals surface area contributed by atoms with E-state index in [0.29, 0.717) is 23.8 Å². The molecule has 1 aromatic rings. The first kappa shape index (κ1) is 13.1. The van der Waals surface area contributed by atoms with E-state index in [9.17, 15) is 4.79 Å². The lowest BCUT2D eigenvalue weighted by molar-refractivity contribution is 0.0637. The van der Waals surface area contributed by atoms with E-state index in [1.54, 1.807) is 12.3 Å². The van der Waals surface area contributed by atoms with Crippen LogP contribution >= 0.6 is 12.2 Å². The zero-order chi connectivity index (χ0) is 13.3. The Labute approximate surface area is 112 Å². The van der Waals surface area contributed by atoms with E-state index >= 15 is 0 Å². The molecule has 98 valence electrons. The average molecular weight is 266 g/mol. The van der Waals surface area contributed by atoms with Crippen LogP contribution in [-0.2, 0) is 0 Å². The number of nitrogens with two attached hydrogens (primary N) is 1. The van der Waals surface area contributed by atoms with E-state index in [1.807, 2.05) is 11.8 Å². The van der Waals surface area contributed by atoms with E-state index in [-0.39, 0.29) is 11.3 Å². The fourth-order valence-electron chi connectivity index (χ4n) is 2.19. The van der Waals surface area contributed by atoms with Gasteiger partial charge < -0.3 is 15.1 Å². The fourth-order valence-corrected chi connectivity index (χ4v) is 2.39. The van der Waals surface area contributed by atoms with Crippen LogP contribution in [0.5, 0.6) is 0 Å². The Hall–Kier alpha value is -1.36. The van der Waals surface area contributed by atoms with Crippen molar-refractivity contribution in [2.24, 2.45) is 11.1 Å². The van der Waals surface area contributed by atoms with Crippen molar-refractivity contribution in [3.8, 4) is 0 Å². The Bertz CT molecular complexity index is 473. The lowest BCUT2D eigenvalue weighted by Gasteiger charge is -2.38. The highest BCUT2D eigenvalue weighted by atomic mass is 32.1. The molecule has 0 aliphatic carbocycles. The van der Waals surface area contributed by atoms with Crippen molar-refractivity contribution < 1.29 is 9.21 Å². The van der Waals surface area contributed by atoms with E-state index in [4.69, 9.17) is 22.4 Å². The van der Waals surface area contributed by atoms with Gasteiger partial charge in [-0.05, 0) is 25.8 Å². The number of rotatable bonds is 2. The van der Waals surface area contributed by atoms with Gasteiger partial charge in [0.15, 0.2) is 5.76 Å². The standard InChI is InChI=1S/C13H18N2O2S/c1-9-3-8-17-10(9)11(16)15-6-4-13(2,5-7-15)12(14)18/h3,8H,4-7H2,1-2H3,(H2,14,18). The number of carbonyl (C=O) groups excluding carboxylic acids is 1. The van der Waals surface area contributed by atoms with E-state index in [2.05, 4.69) is 6.92 Å². The molecule has 0 spiro atoms. The number of amides is 1. The molecule has 4 nitrogen and oxygen atoms in total. The molecule has 1 saturated heterocycles. The maximum Gasteiger partial charge on any atom is 0.289 e. The third-order valence-electron chi connectivity index (χ3n) is 3.81. The molecule has 0 bridgehead atoms. The SMILES string of the molecule is Cc1ccoc1C(=O)N1CCC(C)(C(N)=S)CC1. The molecule has 0 aromatic carbocycles. The number of thiocarbonyl (C=S) groups is 1. The topological polar surface area (TPSA) is 59.5 Å². The highest BCUT2D eigenvalue weighted by Gasteiger charge is 2.35. The molecule has 0 radical (unpaired) electrons. The molecule has 1 aromatic heterocycles. The van der Waals surface area contributed by atoms with Crippen LogP contribution < -0.4 is 5.73 Å². The highest BCUT2D eigenvalue weighted by Crippen LogP contribution is 2.31. The van der Waals surface area contributed by atoms with Gasteiger partial charge in [0.25, 0.3) is 5.91 Å². The van der Waals surface area contributed by atoms with Crippen molar-refractivity contribution in [1.29, 1.82) is 0 Å². The highest BCUT2D eigenvalue weighted by molar-refractivity contribution is 7.80. The molecule has 2 heterocycles. The summed E-state index contributed by atoms with van der Waals surface area (Å²) in [6, 6.07) is 1.80. The minimum absolute atomic E-state index is 0.0394. The van der Waals surface area contributed by atoms with Crippen LogP contribution in [0.25, 0.3) is 0 Å². The molecule has 2 rings (SSSR count). The average Bonchev–Trinajstić information content (AvgIpc) is 2.75. The van der Waals surface area contributed by atoms with Crippen LogP contribution in [0, 0.1) is 12.3 Å². The van der Waals surface area contributed by atoms with Gasteiger partial charge in [-0.1, -0.05) is 19.1 Å². The van der Waals surface area contributed by atoms with Crippen LogP contribution in [0.3, 0.4) is 0 Å². The molecule has 0 unspecified atom stereocenters. The molecule has 1 aliphatic heterocycles. The first-order valence-corrected chi connectivity index (χ1v) is 6.48. The number of furan rings is 1. The fraction of sp³-hybridized carbons (Fsp3) is 0.538. The van der Waals surface area contributed by atoms with Gasteiger partial charge in [-0.25, -0.2) is 0 Å². The zero-order valence-electron chi connectivity index (χ0n) is 10.7. The molecule has 0 saturated carbocycles.